The second kappa shape index (κ2) is 6.44. The molecule has 1 fully saturated rings. The largest absolute Gasteiger partial charge is 0.469 e. The lowest BCUT2D eigenvalue weighted by Gasteiger charge is -2.29. The molecule has 3 aromatic heterocycles. The highest BCUT2D eigenvalue weighted by Crippen LogP contribution is 2.39. The van der Waals surface area contributed by atoms with E-state index in [-0.39, 0.29) is 17.8 Å². The molecule has 0 bridgehead atoms. The molecule has 0 aliphatic heterocycles. The zero-order valence-corrected chi connectivity index (χ0v) is 14.9. The molecule has 2 N–H and O–H groups in total. The highest BCUT2D eigenvalue weighted by atomic mass is 16.5. The first-order valence-corrected chi connectivity index (χ1v) is 8.79. The van der Waals surface area contributed by atoms with Crippen molar-refractivity contribution in [1.82, 2.24) is 24.4 Å². The number of hydrogen-bond acceptors (Lipinski definition) is 6. The van der Waals surface area contributed by atoms with Gasteiger partial charge in [-0.3, -0.25) is 9.48 Å². The Labute approximate surface area is 151 Å². The molecular weight excluding hydrogens is 332 g/mol. The highest BCUT2D eigenvalue weighted by molar-refractivity contribution is 5.78. The van der Waals surface area contributed by atoms with Crippen LogP contribution in [0.15, 0.2) is 24.7 Å². The number of anilines is 1. The Morgan fingerprint density at radius 1 is 1.27 bits per heavy atom. The second-order valence-electron chi connectivity index (χ2n) is 6.82. The number of nitrogen functional groups attached to an aromatic ring is 1. The molecule has 1 saturated carbocycles. The van der Waals surface area contributed by atoms with E-state index in [9.17, 15) is 4.79 Å². The molecule has 1 aliphatic carbocycles. The van der Waals surface area contributed by atoms with Gasteiger partial charge in [0.2, 0.25) is 0 Å². The predicted octanol–water partition coefficient (Wildman–Crippen LogP) is 2.16. The first kappa shape index (κ1) is 16.6. The quantitative estimate of drug-likeness (QED) is 0.724. The van der Waals surface area contributed by atoms with Crippen molar-refractivity contribution >= 4 is 17.4 Å². The molecule has 4 rings (SSSR count). The fraction of sp³-hybridized carbons (Fsp3) is 0.444. The number of hydrogen-bond donors (Lipinski definition) is 1. The third-order valence-corrected chi connectivity index (χ3v) is 5.18. The third kappa shape index (κ3) is 2.71. The average molecular weight is 354 g/mol. The number of fused-ring (bicyclic) bond motifs is 1. The Hall–Kier alpha value is -2.90. The van der Waals surface area contributed by atoms with Gasteiger partial charge in [-0.2, -0.15) is 14.7 Å². The molecule has 8 heteroatoms. The van der Waals surface area contributed by atoms with Gasteiger partial charge in [0.05, 0.1) is 31.1 Å². The Kier molecular flexibility index (Phi) is 4.10. The fourth-order valence-corrected chi connectivity index (χ4v) is 3.88. The maximum atomic E-state index is 12.2. The SMILES string of the molecule is COC(=O)[C@H]1CCCC[C@@H]1c1cc(N)n2ncc(-c3cnn(C)c3)c2n1. The molecule has 8 nitrogen and oxygen atoms in total. The summed E-state index contributed by atoms with van der Waals surface area (Å²) in [6, 6.07) is 1.83. The van der Waals surface area contributed by atoms with Gasteiger partial charge in [0.25, 0.3) is 0 Å². The van der Waals surface area contributed by atoms with E-state index in [0.29, 0.717) is 11.5 Å². The van der Waals surface area contributed by atoms with Crippen molar-refractivity contribution in [1.29, 1.82) is 0 Å². The van der Waals surface area contributed by atoms with E-state index in [1.54, 1.807) is 21.6 Å². The van der Waals surface area contributed by atoms with Gasteiger partial charge in [0.1, 0.15) is 5.82 Å². The zero-order chi connectivity index (χ0) is 18.3. The van der Waals surface area contributed by atoms with Gasteiger partial charge in [0.15, 0.2) is 5.65 Å². The van der Waals surface area contributed by atoms with E-state index < -0.39 is 0 Å². The topological polar surface area (TPSA) is 100 Å². The summed E-state index contributed by atoms with van der Waals surface area (Å²) in [6.07, 6.45) is 9.26. The van der Waals surface area contributed by atoms with E-state index in [4.69, 9.17) is 15.5 Å². The van der Waals surface area contributed by atoms with Gasteiger partial charge in [-0.1, -0.05) is 12.8 Å². The van der Waals surface area contributed by atoms with Gasteiger partial charge in [0, 0.05) is 36.4 Å². The van der Waals surface area contributed by atoms with Crippen molar-refractivity contribution in [3.05, 3.63) is 30.4 Å². The summed E-state index contributed by atoms with van der Waals surface area (Å²) < 4.78 is 8.38. The number of ether oxygens (including phenoxy) is 1. The summed E-state index contributed by atoms with van der Waals surface area (Å²) in [5, 5.41) is 8.58. The molecule has 0 unspecified atom stereocenters. The lowest BCUT2D eigenvalue weighted by Crippen LogP contribution is -2.27. The number of methoxy groups -OCH3 is 1. The number of aromatic nitrogens is 5. The normalized spacial score (nSPS) is 20.4. The van der Waals surface area contributed by atoms with E-state index in [0.717, 1.165) is 42.5 Å². The summed E-state index contributed by atoms with van der Waals surface area (Å²) >= 11 is 0. The van der Waals surface area contributed by atoms with Crippen LogP contribution in [0.1, 0.15) is 37.3 Å². The number of aryl methyl sites for hydroxylation is 1. The lowest BCUT2D eigenvalue weighted by molar-refractivity contribution is -0.147. The predicted molar refractivity (Wildman–Crippen MR) is 96.3 cm³/mol. The lowest BCUT2D eigenvalue weighted by atomic mass is 9.77. The Morgan fingerprint density at radius 3 is 2.81 bits per heavy atom. The minimum absolute atomic E-state index is 0.0140. The van der Waals surface area contributed by atoms with Crippen LogP contribution in [0, 0.1) is 5.92 Å². The van der Waals surface area contributed by atoms with Crippen LogP contribution < -0.4 is 5.73 Å². The molecule has 1 aliphatic rings. The first-order valence-electron chi connectivity index (χ1n) is 8.79. The molecule has 136 valence electrons. The Morgan fingerprint density at radius 2 is 2.08 bits per heavy atom. The van der Waals surface area contributed by atoms with Crippen molar-refractivity contribution in [2.75, 3.05) is 12.8 Å². The van der Waals surface area contributed by atoms with Crippen LogP contribution in [0.5, 0.6) is 0 Å². The maximum absolute atomic E-state index is 12.2. The minimum Gasteiger partial charge on any atom is -0.469 e. The number of carbonyl (C=O) groups is 1. The number of nitrogens with zero attached hydrogens (tertiary/aromatic N) is 5. The van der Waals surface area contributed by atoms with E-state index >= 15 is 0 Å². The van der Waals surface area contributed by atoms with E-state index in [1.165, 1.54) is 7.11 Å². The van der Waals surface area contributed by atoms with Crippen LogP contribution in [0.2, 0.25) is 0 Å². The van der Waals surface area contributed by atoms with Crippen molar-refractivity contribution in [2.24, 2.45) is 13.0 Å². The van der Waals surface area contributed by atoms with E-state index in [2.05, 4.69) is 10.2 Å². The number of rotatable bonds is 3. The summed E-state index contributed by atoms with van der Waals surface area (Å²) in [5.74, 6) is 0.179. The van der Waals surface area contributed by atoms with Crippen LogP contribution in [-0.4, -0.2) is 37.5 Å². The van der Waals surface area contributed by atoms with Crippen LogP contribution in [-0.2, 0) is 16.6 Å². The minimum atomic E-state index is -0.173. The van der Waals surface area contributed by atoms with Gasteiger partial charge in [-0.25, -0.2) is 4.98 Å². The highest BCUT2D eigenvalue weighted by Gasteiger charge is 2.34. The second-order valence-corrected chi connectivity index (χ2v) is 6.82. The molecule has 3 heterocycles. The zero-order valence-electron chi connectivity index (χ0n) is 14.9. The third-order valence-electron chi connectivity index (χ3n) is 5.18. The number of nitrogens with two attached hydrogens (primary N) is 1. The van der Waals surface area contributed by atoms with Crippen LogP contribution in [0.3, 0.4) is 0 Å². The van der Waals surface area contributed by atoms with Crippen LogP contribution in [0.4, 0.5) is 5.82 Å². The Bertz CT molecular complexity index is 960. The van der Waals surface area contributed by atoms with Gasteiger partial charge in [-0.05, 0) is 12.8 Å². The average Bonchev–Trinajstić information content (AvgIpc) is 3.27. The summed E-state index contributed by atoms with van der Waals surface area (Å²) in [5.41, 5.74) is 9.55. The Balaban J connectivity index is 1.81. The number of carbonyl (C=O) groups excluding carboxylic acids is 1. The molecule has 2 atom stereocenters. The van der Waals surface area contributed by atoms with Crippen molar-refractivity contribution in [3.8, 4) is 11.1 Å². The molecule has 0 saturated heterocycles. The molecule has 0 spiro atoms. The smallest absolute Gasteiger partial charge is 0.309 e. The van der Waals surface area contributed by atoms with Gasteiger partial charge < -0.3 is 10.5 Å². The van der Waals surface area contributed by atoms with Gasteiger partial charge in [-0.15, -0.1) is 0 Å². The van der Waals surface area contributed by atoms with Crippen molar-refractivity contribution < 1.29 is 9.53 Å². The maximum Gasteiger partial charge on any atom is 0.309 e. The molecular formula is C18H22N6O2. The summed E-state index contributed by atoms with van der Waals surface area (Å²) in [6.45, 7) is 0. The summed E-state index contributed by atoms with van der Waals surface area (Å²) in [7, 11) is 3.31. The monoisotopic (exact) mass is 354 g/mol. The molecule has 0 aromatic carbocycles. The standard InChI is InChI=1S/C18H22N6O2/c1-23-10-11(8-20-23)14-9-21-24-16(19)7-15(22-17(14)24)12-5-3-4-6-13(12)18(25)26-2/h7-10,12-13H,3-6,19H2,1-2H3/t12-,13-/m0/s1. The summed E-state index contributed by atoms with van der Waals surface area (Å²) in [4.78, 5) is 17.1. The van der Waals surface area contributed by atoms with Crippen molar-refractivity contribution in [3.63, 3.8) is 0 Å². The fourth-order valence-electron chi connectivity index (χ4n) is 3.88. The van der Waals surface area contributed by atoms with Crippen LogP contribution in [0.25, 0.3) is 16.8 Å². The number of esters is 1. The molecule has 3 aromatic rings. The first-order chi connectivity index (χ1) is 12.6. The molecule has 26 heavy (non-hydrogen) atoms. The van der Waals surface area contributed by atoms with Crippen LogP contribution >= 0.6 is 0 Å². The molecule has 0 radical (unpaired) electrons. The van der Waals surface area contributed by atoms with E-state index in [1.807, 2.05) is 19.3 Å². The molecule has 0 amide bonds. The van der Waals surface area contributed by atoms with Gasteiger partial charge >= 0.3 is 5.97 Å². The van der Waals surface area contributed by atoms with Crippen molar-refractivity contribution in [2.45, 2.75) is 31.6 Å².